The number of rotatable bonds is 5. The van der Waals surface area contributed by atoms with Crippen LogP contribution in [0.15, 0.2) is 0 Å². The summed E-state index contributed by atoms with van der Waals surface area (Å²) in [5.74, 6) is 0.499. The van der Waals surface area contributed by atoms with Crippen LogP contribution >= 0.6 is 15.9 Å². The molecule has 1 N–H and O–H groups in total. The summed E-state index contributed by atoms with van der Waals surface area (Å²) in [6, 6.07) is 0. The van der Waals surface area contributed by atoms with Gasteiger partial charge in [-0.3, -0.25) is 0 Å². The second-order valence-corrected chi connectivity index (χ2v) is 5.25. The molecular formula is C6H14BrNO2S. The van der Waals surface area contributed by atoms with Gasteiger partial charge in [-0.05, 0) is 12.8 Å². The van der Waals surface area contributed by atoms with Crippen LogP contribution in [0.5, 0.6) is 0 Å². The van der Waals surface area contributed by atoms with Crippen LogP contribution in [0.3, 0.4) is 0 Å². The Balaban J connectivity index is 3.71. The van der Waals surface area contributed by atoms with Gasteiger partial charge in [-0.1, -0.05) is 22.9 Å². The lowest BCUT2D eigenvalue weighted by molar-refractivity contribution is 0.564. The maximum Gasteiger partial charge on any atom is 0.211 e. The Morgan fingerprint density at radius 1 is 1.55 bits per heavy atom. The van der Waals surface area contributed by atoms with Crippen molar-refractivity contribution in [2.75, 3.05) is 17.6 Å². The molecule has 0 spiro atoms. The predicted molar refractivity (Wildman–Crippen MR) is 50.4 cm³/mol. The molecule has 3 nitrogen and oxygen atoms in total. The van der Waals surface area contributed by atoms with Crippen LogP contribution in [-0.2, 0) is 10.0 Å². The highest BCUT2D eigenvalue weighted by Crippen LogP contribution is 1.98. The fourth-order valence-electron chi connectivity index (χ4n) is 0.426. The summed E-state index contributed by atoms with van der Waals surface area (Å²) in [4.78, 5) is 0. The van der Waals surface area contributed by atoms with E-state index in [4.69, 9.17) is 0 Å². The van der Waals surface area contributed by atoms with E-state index in [0.717, 1.165) is 5.33 Å². The van der Waals surface area contributed by atoms with Gasteiger partial charge in [0.05, 0.1) is 5.75 Å². The SMILES string of the molecule is CCS(=O)(=O)NCC(C)CBr. The van der Waals surface area contributed by atoms with Gasteiger partial charge in [0, 0.05) is 11.9 Å². The Hall–Kier alpha value is 0.390. The van der Waals surface area contributed by atoms with Gasteiger partial charge in [0.1, 0.15) is 0 Å². The van der Waals surface area contributed by atoms with Gasteiger partial charge in [-0.15, -0.1) is 0 Å². The van der Waals surface area contributed by atoms with E-state index in [9.17, 15) is 8.42 Å². The molecular weight excluding hydrogens is 230 g/mol. The highest BCUT2D eigenvalue weighted by molar-refractivity contribution is 9.09. The van der Waals surface area contributed by atoms with Crippen molar-refractivity contribution >= 4 is 26.0 Å². The van der Waals surface area contributed by atoms with Gasteiger partial charge in [0.25, 0.3) is 0 Å². The van der Waals surface area contributed by atoms with Gasteiger partial charge < -0.3 is 0 Å². The quantitative estimate of drug-likeness (QED) is 0.732. The van der Waals surface area contributed by atoms with E-state index >= 15 is 0 Å². The molecule has 0 amide bonds. The Morgan fingerprint density at radius 3 is 2.45 bits per heavy atom. The molecule has 0 saturated heterocycles. The zero-order valence-electron chi connectivity index (χ0n) is 6.80. The molecule has 1 atom stereocenters. The molecule has 1 unspecified atom stereocenters. The smallest absolute Gasteiger partial charge is 0.211 e. The van der Waals surface area contributed by atoms with E-state index in [1.54, 1.807) is 6.92 Å². The van der Waals surface area contributed by atoms with Crippen molar-refractivity contribution in [1.82, 2.24) is 4.72 Å². The predicted octanol–water partition coefficient (Wildman–Crippen LogP) is 0.957. The molecule has 0 heterocycles. The van der Waals surface area contributed by atoms with Crippen LogP contribution in [0.1, 0.15) is 13.8 Å². The Kier molecular flexibility index (Phi) is 5.29. The monoisotopic (exact) mass is 243 g/mol. The molecule has 0 aliphatic rings. The molecule has 0 aromatic rings. The second-order valence-electron chi connectivity index (χ2n) is 2.51. The largest absolute Gasteiger partial charge is 0.215 e. The second kappa shape index (κ2) is 5.11. The highest BCUT2D eigenvalue weighted by atomic mass is 79.9. The molecule has 5 heteroatoms. The maximum absolute atomic E-state index is 10.9. The van der Waals surface area contributed by atoms with E-state index in [1.165, 1.54) is 0 Å². The molecule has 0 rings (SSSR count). The summed E-state index contributed by atoms with van der Waals surface area (Å²) in [6.07, 6.45) is 0. The summed E-state index contributed by atoms with van der Waals surface area (Å²) in [6.45, 7) is 4.12. The molecule has 0 aromatic heterocycles. The third kappa shape index (κ3) is 5.64. The number of sulfonamides is 1. The van der Waals surface area contributed by atoms with Crippen molar-refractivity contribution in [2.24, 2.45) is 5.92 Å². The average molecular weight is 244 g/mol. The maximum atomic E-state index is 10.9. The van der Waals surface area contributed by atoms with Crippen LogP contribution < -0.4 is 4.72 Å². The zero-order chi connectivity index (χ0) is 8.91. The Morgan fingerprint density at radius 2 is 2.09 bits per heavy atom. The fourth-order valence-corrected chi connectivity index (χ4v) is 1.40. The molecule has 0 bridgehead atoms. The van der Waals surface area contributed by atoms with Gasteiger partial charge in [-0.2, -0.15) is 0 Å². The van der Waals surface area contributed by atoms with E-state index < -0.39 is 10.0 Å². The average Bonchev–Trinajstić information content (AvgIpc) is 2.00. The molecule has 0 fully saturated rings. The molecule has 0 aliphatic heterocycles. The highest BCUT2D eigenvalue weighted by Gasteiger charge is 2.07. The van der Waals surface area contributed by atoms with E-state index in [0.29, 0.717) is 12.5 Å². The van der Waals surface area contributed by atoms with Gasteiger partial charge in [-0.25, -0.2) is 13.1 Å². The van der Waals surface area contributed by atoms with Crippen LogP contribution in [-0.4, -0.2) is 26.0 Å². The van der Waals surface area contributed by atoms with Crippen molar-refractivity contribution in [3.63, 3.8) is 0 Å². The minimum absolute atomic E-state index is 0.155. The first-order valence-corrected chi connectivity index (χ1v) is 6.32. The lowest BCUT2D eigenvalue weighted by atomic mass is 10.2. The molecule has 11 heavy (non-hydrogen) atoms. The Labute approximate surface area is 76.7 Å². The first kappa shape index (κ1) is 11.4. The number of halogens is 1. The molecule has 0 aliphatic carbocycles. The first-order chi connectivity index (χ1) is 5.02. The first-order valence-electron chi connectivity index (χ1n) is 3.55. The van der Waals surface area contributed by atoms with Gasteiger partial charge in [0.15, 0.2) is 0 Å². The van der Waals surface area contributed by atoms with E-state index in [2.05, 4.69) is 20.7 Å². The topological polar surface area (TPSA) is 46.2 Å². The lowest BCUT2D eigenvalue weighted by Crippen LogP contribution is -2.30. The van der Waals surface area contributed by atoms with Crippen LogP contribution in [0, 0.1) is 5.92 Å². The minimum atomic E-state index is -3.00. The van der Waals surface area contributed by atoms with Crippen molar-refractivity contribution in [3.8, 4) is 0 Å². The molecule has 68 valence electrons. The van der Waals surface area contributed by atoms with E-state index in [-0.39, 0.29) is 5.75 Å². The van der Waals surface area contributed by atoms with Crippen molar-refractivity contribution in [2.45, 2.75) is 13.8 Å². The van der Waals surface area contributed by atoms with Crippen molar-refractivity contribution in [3.05, 3.63) is 0 Å². The fraction of sp³-hybridized carbons (Fsp3) is 1.00. The number of alkyl halides is 1. The number of hydrogen-bond donors (Lipinski definition) is 1. The summed E-state index contributed by atoms with van der Waals surface area (Å²) in [7, 11) is -3.00. The number of hydrogen-bond acceptors (Lipinski definition) is 2. The van der Waals surface area contributed by atoms with Crippen molar-refractivity contribution in [1.29, 1.82) is 0 Å². The normalized spacial score (nSPS) is 14.8. The summed E-state index contributed by atoms with van der Waals surface area (Å²) < 4.78 is 24.3. The molecule has 0 saturated carbocycles. The van der Waals surface area contributed by atoms with E-state index in [1.807, 2.05) is 6.92 Å². The van der Waals surface area contributed by atoms with Crippen molar-refractivity contribution < 1.29 is 8.42 Å². The minimum Gasteiger partial charge on any atom is -0.215 e. The third-order valence-electron chi connectivity index (χ3n) is 1.30. The molecule has 0 radical (unpaired) electrons. The van der Waals surface area contributed by atoms with Gasteiger partial charge >= 0.3 is 0 Å². The van der Waals surface area contributed by atoms with Crippen LogP contribution in [0.2, 0.25) is 0 Å². The summed E-state index contributed by atoms with van der Waals surface area (Å²) in [5, 5.41) is 0.819. The zero-order valence-corrected chi connectivity index (χ0v) is 9.20. The van der Waals surface area contributed by atoms with Crippen LogP contribution in [0.4, 0.5) is 0 Å². The third-order valence-corrected chi connectivity index (χ3v) is 3.77. The molecule has 0 aromatic carbocycles. The Bertz CT molecular complexity index is 191. The summed E-state index contributed by atoms with van der Waals surface area (Å²) >= 11 is 3.27. The number of nitrogens with one attached hydrogen (secondary N) is 1. The van der Waals surface area contributed by atoms with Gasteiger partial charge in [0.2, 0.25) is 10.0 Å². The lowest BCUT2D eigenvalue weighted by Gasteiger charge is -2.08. The summed E-state index contributed by atoms with van der Waals surface area (Å²) in [5.41, 5.74) is 0. The van der Waals surface area contributed by atoms with Crippen LogP contribution in [0.25, 0.3) is 0 Å². The standard InChI is InChI=1S/C6H14BrNO2S/c1-3-11(9,10)8-5-6(2)4-7/h6,8H,3-5H2,1-2H3.